The van der Waals surface area contributed by atoms with E-state index in [4.69, 9.17) is 22.3 Å². The van der Waals surface area contributed by atoms with E-state index in [1.165, 1.54) is 0 Å². The molecule has 0 bridgehead atoms. The van der Waals surface area contributed by atoms with Gasteiger partial charge in [0.1, 0.15) is 11.7 Å². The van der Waals surface area contributed by atoms with Crippen LogP contribution in [-0.4, -0.2) is 11.7 Å². The van der Waals surface area contributed by atoms with Crippen LogP contribution in [0.15, 0.2) is 97.6 Å². The first-order valence-corrected chi connectivity index (χ1v) is 9.44. The van der Waals surface area contributed by atoms with Gasteiger partial charge in [-0.25, -0.2) is 0 Å². The van der Waals surface area contributed by atoms with Crippen LogP contribution >= 0.6 is 0 Å². The molecule has 6 N–H and O–H groups in total. The fourth-order valence-electron chi connectivity index (χ4n) is 3.21. The van der Waals surface area contributed by atoms with Crippen molar-refractivity contribution in [2.45, 2.75) is 0 Å². The van der Waals surface area contributed by atoms with E-state index in [9.17, 15) is 0 Å². The first-order chi connectivity index (χ1) is 14.5. The maximum atomic E-state index is 7.49. The fraction of sp³-hybridized carbons (Fsp3) is 0. The number of pyridine rings is 2. The summed E-state index contributed by atoms with van der Waals surface area (Å²) in [6, 6.07) is 23.4. The van der Waals surface area contributed by atoms with Gasteiger partial charge in [-0.3, -0.25) is 10.8 Å². The quantitative estimate of drug-likeness (QED) is 0.237. The first kappa shape index (κ1) is 19.0. The molecule has 0 atom stereocenters. The molecule has 0 aliphatic carbocycles. The molecule has 30 heavy (non-hydrogen) atoms. The van der Waals surface area contributed by atoms with E-state index in [2.05, 4.69) is 24.3 Å². The number of aromatic nitrogens is 2. The van der Waals surface area contributed by atoms with Gasteiger partial charge in [-0.1, -0.05) is 0 Å². The van der Waals surface area contributed by atoms with Gasteiger partial charge in [0.15, 0.2) is 24.8 Å². The van der Waals surface area contributed by atoms with Crippen molar-refractivity contribution >= 4 is 11.7 Å². The molecular weight excluding hydrogens is 372 g/mol. The number of hydrogen-bond acceptors (Lipinski definition) is 2. The third-order valence-corrected chi connectivity index (χ3v) is 4.95. The number of nitrogens with zero attached hydrogens (tertiary/aromatic N) is 2. The minimum absolute atomic E-state index is 0.0676. The molecule has 2 heterocycles. The van der Waals surface area contributed by atoms with Crippen molar-refractivity contribution < 1.29 is 9.13 Å². The molecule has 0 spiro atoms. The second kappa shape index (κ2) is 7.97. The molecular formula is C24H22N6+2. The summed E-state index contributed by atoms with van der Waals surface area (Å²) in [5, 5.41) is 15.0. The highest BCUT2D eigenvalue weighted by molar-refractivity contribution is 5.95. The molecule has 146 valence electrons. The molecule has 4 rings (SSSR count). The van der Waals surface area contributed by atoms with Crippen LogP contribution in [0, 0.1) is 10.8 Å². The highest BCUT2D eigenvalue weighted by atomic mass is 14.9. The Kier molecular flexibility index (Phi) is 5.05. The molecule has 6 heteroatoms. The molecule has 0 aliphatic rings. The van der Waals surface area contributed by atoms with Gasteiger partial charge in [-0.2, -0.15) is 9.13 Å². The van der Waals surface area contributed by atoms with Gasteiger partial charge >= 0.3 is 0 Å². The predicted octanol–water partition coefficient (Wildman–Crippen LogP) is 2.48. The van der Waals surface area contributed by atoms with Gasteiger partial charge in [0.05, 0.1) is 0 Å². The van der Waals surface area contributed by atoms with Gasteiger partial charge in [-0.15, -0.1) is 0 Å². The summed E-state index contributed by atoms with van der Waals surface area (Å²) in [4.78, 5) is 0. The number of amidine groups is 2. The molecule has 0 amide bonds. The van der Waals surface area contributed by atoms with Crippen LogP contribution in [0.5, 0.6) is 0 Å². The van der Waals surface area contributed by atoms with E-state index in [-0.39, 0.29) is 11.7 Å². The van der Waals surface area contributed by atoms with Gasteiger partial charge in [0.2, 0.25) is 11.4 Å². The molecule has 0 aliphatic heterocycles. The second-order valence-corrected chi connectivity index (χ2v) is 6.91. The van der Waals surface area contributed by atoms with Crippen LogP contribution in [0.25, 0.3) is 22.5 Å². The Labute approximate surface area is 174 Å². The van der Waals surface area contributed by atoms with Crippen LogP contribution in [0.4, 0.5) is 0 Å². The van der Waals surface area contributed by atoms with Crippen molar-refractivity contribution in [2.24, 2.45) is 11.5 Å². The summed E-state index contributed by atoms with van der Waals surface area (Å²) in [5.74, 6) is 0.135. The standard InChI is InChI=1S/C24H22N6/c25-23(26)19-1-5-21(6-2-19)29-13-9-17(10-14-29)18-11-15-30(16-12-18)22-7-3-20(4-8-22)24(27)28/h1-16H,(H3,25,26)(H3,27,28)/q+2. The van der Waals surface area contributed by atoms with Gasteiger partial charge in [-0.05, 0) is 35.4 Å². The largest absolute Gasteiger partial charge is 0.384 e. The first-order valence-electron chi connectivity index (χ1n) is 9.44. The SMILES string of the molecule is N=C(N)c1ccc(-[n+]2ccc(-c3cc[n+](-c4ccc(C(=N)N)cc4)cc3)cc2)cc1. The third-order valence-electron chi connectivity index (χ3n) is 4.95. The normalized spacial score (nSPS) is 10.5. The number of nitrogens with one attached hydrogen (secondary N) is 2. The summed E-state index contributed by atoms with van der Waals surface area (Å²) in [7, 11) is 0. The Morgan fingerprint density at radius 2 is 0.800 bits per heavy atom. The van der Waals surface area contributed by atoms with Crippen LogP contribution < -0.4 is 20.6 Å². The Balaban J connectivity index is 1.53. The third kappa shape index (κ3) is 3.93. The van der Waals surface area contributed by atoms with Crippen LogP contribution in [-0.2, 0) is 0 Å². The molecule has 6 nitrogen and oxygen atoms in total. The van der Waals surface area contributed by atoms with Gasteiger partial charge < -0.3 is 11.5 Å². The molecule has 0 radical (unpaired) electrons. The monoisotopic (exact) mass is 394 g/mol. The number of benzene rings is 2. The van der Waals surface area contributed by atoms with Crippen molar-refractivity contribution in [3.8, 4) is 22.5 Å². The lowest BCUT2D eigenvalue weighted by molar-refractivity contribution is -0.596. The van der Waals surface area contributed by atoms with Crippen molar-refractivity contribution in [3.05, 3.63) is 109 Å². The summed E-state index contributed by atoms with van der Waals surface area (Å²) < 4.78 is 4.04. The van der Waals surface area contributed by atoms with Gasteiger partial charge in [0.25, 0.3) is 0 Å². The molecule has 2 aromatic heterocycles. The minimum atomic E-state index is 0.0676. The lowest BCUT2D eigenvalue weighted by Crippen LogP contribution is -2.30. The Morgan fingerprint density at radius 1 is 0.500 bits per heavy atom. The number of nitrogens with two attached hydrogens (primary N) is 2. The van der Waals surface area contributed by atoms with Crippen LogP contribution in [0.2, 0.25) is 0 Å². The van der Waals surface area contributed by atoms with Crippen molar-refractivity contribution in [1.82, 2.24) is 0 Å². The summed E-state index contributed by atoms with van der Waals surface area (Å²) in [6.07, 6.45) is 8.05. The van der Waals surface area contributed by atoms with E-state index in [0.717, 1.165) is 22.5 Å². The van der Waals surface area contributed by atoms with E-state index in [0.29, 0.717) is 11.1 Å². The highest BCUT2D eigenvalue weighted by Crippen LogP contribution is 2.17. The van der Waals surface area contributed by atoms with Gasteiger partial charge in [0, 0.05) is 59.7 Å². The maximum absolute atomic E-state index is 7.49. The molecule has 0 saturated heterocycles. The molecule has 0 unspecified atom stereocenters. The number of hydrogen-bond donors (Lipinski definition) is 4. The highest BCUT2D eigenvalue weighted by Gasteiger charge is 2.10. The summed E-state index contributed by atoms with van der Waals surface area (Å²) in [6.45, 7) is 0. The molecule has 4 aromatic rings. The maximum Gasteiger partial charge on any atom is 0.210 e. The predicted molar refractivity (Wildman–Crippen MR) is 117 cm³/mol. The van der Waals surface area contributed by atoms with E-state index in [1.54, 1.807) is 0 Å². The van der Waals surface area contributed by atoms with Crippen molar-refractivity contribution in [2.75, 3.05) is 0 Å². The molecule has 0 saturated carbocycles. The van der Waals surface area contributed by atoms with Crippen molar-refractivity contribution in [3.63, 3.8) is 0 Å². The smallest absolute Gasteiger partial charge is 0.210 e. The minimum Gasteiger partial charge on any atom is -0.384 e. The zero-order valence-corrected chi connectivity index (χ0v) is 16.3. The number of rotatable bonds is 5. The topological polar surface area (TPSA) is 108 Å². The Bertz CT molecular complexity index is 1090. The van der Waals surface area contributed by atoms with E-state index < -0.39 is 0 Å². The average Bonchev–Trinajstić information content (AvgIpc) is 2.79. The Morgan fingerprint density at radius 3 is 1.07 bits per heavy atom. The summed E-state index contributed by atoms with van der Waals surface area (Å²) in [5.41, 5.74) is 16.7. The van der Waals surface area contributed by atoms with Crippen LogP contribution in [0.3, 0.4) is 0 Å². The zero-order valence-electron chi connectivity index (χ0n) is 16.3. The molecule has 2 aromatic carbocycles. The van der Waals surface area contributed by atoms with E-state index >= 15 is 0 Å². The lowest BCUT2D eigenvalue weighted by Gasteiger charge is -2.02. The van der Waals surface area contributed by atoms with Crippen molar-refractivity contribution in [1.29, 1.82) is 10.8 Å². The van der Waals surface area contributed by atoms with E-state index in [1.807, 2.05) is 82.5 Å². The molecule has 0 fully saturated rings. The second-order valence-electron chi connectivity index (χ2n) is 6.91. The fourth-order valence-corrected chi connectivity index (χ4v) is 3.21. The average molecular weight is 394 g/mol. The lowest BCUT2D eigenvalue weighted by atomic mass is 10.1. The number of nitrogen functional groups attached to an aromatic ring is 2. The Hall–Kier alpha value is -4.32. The summed E-state index contributed by atoms with van der Waals surface area (Å²) >= 11 is 0. The zero-order chi connectivity index (χ0) is 21.1. The van der Waals surface area contributed by atoms with Crippen LogP contribution in [0.1, 0.15) is 11.1 Å².